The minimum Gasteiger partial charge on any atom is -0.486 e. The number of fused-ring (bicyclic) bond motifs is 1. The van der Waals surface area contributed by atoms with Crippen LogP contribution < -0.4 is 15.0 Å². The summed E-state index contributed by atoms with van der Waals surface area (Å²) in [6, 6.07) is 24.8. The second-order valence-corrected chi connectivity index (χ2v) is 10.4. The number of rotatable bonds is 6. The van der Waals surface area contributed by atoms with Crippen molar-refractivity contribution < 1.29 is 9.53 Å². The van der Waals surface area contributed by atoms with Gasteiger partial charge >= 0.3 is 6.03 Å². The maximum atomic E-state index is 13.2. The van der Waals surface area contributed by atoms with Crippen LogP contribution in [0.1, 0.15) is 70.3 Å². The number of hydrogen-bond acceptors (Lipinski definition) is 2. The van der Waals surface area contributed by atoms with Crippen LogP contribution in [-0.4, -0.2) is 18.7 Å². The Kier molecular flexibility index (Phi) is 7.60. The quantitative estimate of drug-likeness (QED) is 0.382. The molecule has 2 amide bonds. The third-order valence-electron chi connectivity index (χ3n) is 7.95. The Balaban J connectivity index is 1.35. The molecule has 1 aliphatic heterocycles. The van der Waals surface area contributed by atoms with Gasteiger partial charge in [0.05, 0.1) is 12.2 Å². The average molecular weight is 483 g/mol. The first kappa shape index (κ1) is 24.4. The largest absolute Gasteiger partial charge is 0.486 e. The van der Waals surface area contributed by atoms with Crippen LogP contribution in [0.4, 0.5) is 16.2 Å². The summed E-state index contributed by atoms with van der Waals surface area (Å²) in [5, 5.41) is 3.04. The molecule has 5 rings (SSSR count). The second kappa shape index (κ2) is 11.2. The first-order valence-electron chi connectivity index (χ1n) is 13.7. The molecule has 1 heterocycles. The Hall–Kier alpha value is -3.27. The standard InChI is InChI=1S/C32H38N2O2/c1-3-8-29-22-34(32(35)33-28-9-6-5-7-10-28)30-20-19-27(21-31(30)36-29)26-17-15-25(16-18-26)24-13-11-23(4-2)12-14-24/h5-7,9-10,15-21,23-24,29H,3-4,8,11-14,22H2,1-2H3,(H,33,35). The maximum absolute atomic E-state index is 13.2. The number of urea groups is 1. The molecule has 1 saturated carbocycles. The van der Waals surface area contributed by atoms with Gasteiger partial charge in [-0.25, -0.2) is 4.79 Å². The maximum Gasteiger partial charge on any atom is 0.326 e. The van der Waals surface area contributed by atoms with Gasteiger partial charge in [0.25, 0.3) is 0 Å². The van der Waals surface area contributed by atoms with Crippen LogP contribution in [0, 0.1) is 5.92 Å². The van der Waals surface area contributed by atoms with E-state index in [1.807, 2.05) is 41.3 Å². The van der Waals surface area contributed by atoms with E-state index in [0.29, 0.717) is 12.5 Å². The van der Waals surface area contributed by atoms with Gasteiger partial charge in [0, 0.05) is 5.69 Å². The lowest BCUT2D eigenvalue weighted by molar-refractivity contribution is 0.182. The van der Waals surface area contributed by atoms with Crippen molar-refractivity contribution in [1.29, 1.82) is 0 Å². The second-order valence-electron chi connectivity index (χ2n) is 10.4. The summed E-state index contributed by atoms with van der Waals surface area (Å²) in [5.41, 5.74) is 5.39. The fraction of sp³-hybridized carbons (Fsp3) is 0.406. The lowest BCUT2D eigenvalue weighted by Crippen LogP contribution is -2.45. The van der Waals surface area contributed by atoms with E-state index in [0.717, 1.165) is 41.4 Å². The zero-order valence-electron chi connectivity index (χ0n) is 21.6. The Morgan fingerprint density at radius 2 is 1.64 bits per heavy atom. The molecule has 3 aromatic rings. The molecule has 1 aliphatic carbocycles. The minimum absolute atomic E-state index is 0.0140. The molecule has 0 bridgehead atoms. The molecule has 3 aromatic carbocycles. The molecule has 1 fully saturated rings. The molecular weight excluding hydrogens is 444 g/mol. The van der Waals surface area contributed by atoms with Crippen LogP contribution >= 0.6 is 0 Å². The highest BCUT2D eigenvalue weighted by molar-refractivity contribution is 6.03. The highest BCUT2D eigenvalue weighted by Gasteiger charge is 2.30. The molecule has 0 saturated heterocycles. The Labute approximate surface area is 215 Å². The number of ether oxygens (including phenoxy) is 1. The molecule has 2 aliphatic rings. The van der Waals surface area contributed by atoms with E-state index in [4.69, 9.17) is 4.74 Å². The summed E-state index contributed by atoms with van der Waals surface area (Å²) in [6.45, 7) is 5.02. The summed E-state index contributed by atoms with van der Waals surface area (Å²) < 4.78 is 6.38. The third kappa shape index (κ3) is 5.43. The van der Waals surface area contributed by atoms with Gasteiger partial charge in [-0.2, -0.15) is 0 Å². The number of carbonyl (C=O) groups excluding carboxylic acids is 1. The van der Waals surface area contributed by atoms with Crippen LogP contribution in [0.15, 0.2) is 72.8 Å². The normalized spacial score (nSPS) is 21.4. The smallest absolute Gasteiger partial charge is 0.326 e. The van der Waals surface area contributed by atoms with Gasteiger partial charge < -0.3 is 10.1 Å². The zero-order valence-corrected chi connectivity index (χ0v) is 21.6. The summed E-state index contributed by atoms with van der Waals surface area (Å²) in [7, 11) is 0. The van der Waals surface area contributed by atoms with E-state index in [9.17, 15) is 4.79 Å². The number of amides is 2. The Bertz CT molecular complexity index is 1150. The van der Waals surface area contributed by atoms with Gasteiger partial charge in [-0.05, 0) is 84.9 Å². The van der Waals surface area contributed by atoms with Crippen molar-refractivity contribution in [2.24, 2.45) is 5.92 Å². The Morgan fingerprint density at radius 3 is 2.33 bits per heavy atom. The fourth-order valence-corrected chi connectivity index (χ4v) is 5.76. The summed E-state index contributed by atoms with van der Waals surface area (Å²) >= 11 is 0. The van der Waals surface area contributed by atoms with Crippen LogP contribution in [0.25, 0.3) is 11.1 Å². The number of hydrogen-bond donors (Lipinski definition) is 1. The zero-order chi connectivity index (χ0) is 24.9. The first-order chi connectivity index (χ1) is 17.6. The number of para-hydroxylation sites is 1. The van der Waals surface area contributed by atoms with Crippen molar-refractivity contribution in [2.45, 2.75) is 70.8 Å². The topological polar surface area (TPSA) is 41.6 Å². The van der Waals surface area contributed by atoms with Crippen LogP contribution in [0.5, 0.6) is 5.75 Å². The number of nitrogens with one attached hydrogen (secondary N) is 1. The molecule has 0 spiro atoms. The molecular formula is C32H38N2O2. The predicted octanol–water partition coefficient (Wildman–Crippen LogP) is 8.64. The van der Waals surface area contributed by atoms with Crippen molar-refractivity contribution >= 4 is 17.4 Å². The molecule has 0 aromatic heterocycles. The first-order valence-corrected chi connectivity index (χ1v) is 13.7. The van der Waals surface area contributed by atoms with Crippen molar-refractivity contribution in [2.75, 3.05) is 16.8 Å². The van der Waals surface area contributed by atoms with Crippen molar-refractivity contribution in [1.82, 2.24) is 0 Å². The predicted molar refractivity (Wildman–Crippen MR) is 149 cm³/mol. The summed E-state index contributed by atoms with van der Waals surface area (Å²) in [6.07, 6.45) is 8.56. The van der Waals surface area contributed by atoms with Crippen molar-refractivity contribution in [3.63, 3.8) is 0 Å². The van der Waals surface area contributed by atoms with Gasteiger partial charge in [0.2, 0.25) is 0 Å². The van der Waals surface area contributed by atoms with Gasteiger partial charge in [0.15, 0.2) is 0 Å². The van der Waals surface area contributed by atoms with Gasteiger partial charge in [-0.15, -0.1) is 0 Å². The van der Waals surface area contributed by atoms with Crippen LogP contribution in [0.2, 0.25) is 0 Å². The molecule has 1 N–H and O–H groups in total. The molecule has 36 heavy (non-hydrogen) atoms. The minimum atomic E-state index is -0.123. The third-order valence-corrected chi connectivity index (χ3v) is 7.95. The van der Waals surface area contributed by atoms with Crippen LogP contribution in [0.3, 0.4) is 0 Å². The van der Waals surface area contributed by atoms with Crippen LogP contribution in [-0.2, 0) is 0 Å². The molecule has 1 atom stereocenters. The van der Waals surface area contributed by atoms with Gasteiger partial charge in [-0.3, -0.25) is 4.90 Å². The lowest BCUT2D eigenvalue weighted by atomic mass is 9.77. The fourth-order valence-electron chi connectivity index (χ4n) is 5.76. The molecule has 1 unspecified atom stereocenters. The number of anilines is 2. The van der Waals surface area contributed by atoms with Crippen molar-refractivity contribution in [3.05, 3.63) is 78.4 Å². The lowest BCUT2D eigenvalue weighted by Gasteiger charge is -2.35. The molecule has 0 radical (unpaired) electrons. The van der Waals surface area contributed by atoms with E-state index in [2.05, 4.69) is 55.6 Å². The molecule has 4 heteroatoms. The SMILES string of the molecule is CCCC1CN(C(=O)Nc2ccccc2)c2ccc(-c3ccc(C4CCC(CC)CC4)cc3)cc2O1. The monoisotopic (exact) mass is 482 g/mol. The summed E-state index contributed by atoms with van der Waals surface area (Å²) in [4.78, 5) is 15.0. The van der Waals surface area contributed by atoms with E-state index >= 15 is 0 Å². The number of nitrogens with zero attached hydrogens (tertiary/aromatic N) is 1. The molecule has 188 valence electrons. The van der Waals surface area contributed by atoms with E-state index < -0.39 is 0 Å². The molecule has 4 nitrogen and oxygen atoms in total. The highest BCUT2D eigenvalue weighted by atomic mass is 16.5. The highest BCUT2D eigenvalue weighted by Crippen LogP contribution is 2.40. The number of benzene rings is 3. The Morgan fingerprint density at radius 1 is 0.917 bits per heavy atom. The number of carbonyl (C=O) groups is 1. The van der Waals surface area contributed by atoms with E-state index in [-0.39, 0.29) is 12.1 Å². The average Bonchev–Trinajstić information content (AvgIpc) is 2.93. The summed E-state index contributed by atoms with van der Waals surface area (Å²) in [5.74, 6) is 2.39. The van der Waals surface area contributed by atoms with Gasteiger partial charge in [0.1, 0.15) is 11.9 Å². The van der Waals surface area contributed by atoms with Gasteiger partial charge in [-0.1, -0.05) is 75.2 Å². The van der Waals surface area contributed by atoms with E-state index in [1.165, 1.54) is 43.2 Å². The van der Waals surface area contributed by atoms with Crippen molar-refractivity contribution in [3.8, 4) is 16.9 Å². The van der Waals surface area contributed by atoms with E-state index in [1.54, 1.807) is 0 Å².